The van der Waals surface area contributed by atoms with E-state index in [4.69, 9.17) is 0 Å². The van der Waals surface area contributed by atoms with Crippen LogP contribution in [-0.4, -0.2) is 26.1 Å². The average Bonchev–Trinajstić information content (AvgIpc) is 3.23. The van der Waals surface area contributed by atoms with Crippen LogP contribution in [0.15, 0.2) is 58.3 Å². The van der Waals surface area contributed by atoms with E-state index in [1.165, 1.54) is 26.9 Å². The Morgan fingerprint density at radius 3 is 2.61 bits per heavy atom. The molecule has 1 amide bonds. The summed E-state index contributed by atoms with van der Waals surface area (Å²) in [6, 6.07) is 13.5. The summed E-state index contributed by atoms with van der Waals surface area (Å²) in [7, 11) is 0. The summed E-state index contributed by atoms with van der Waals surface area (Å²) >= 11 is 1.27. The first-order chi connectivity index (χ1) is 16.1. The van der Waals surface area contributed by atoms with Crippen molar-refractivity contribution >= 4 is 37.7 Å². The zero-order valence-corrected chi connectivity index (χ0v) is 19.1. The molecule has 0 atom stereocenters. The standard InChI is InChI=1S/C25H26N4O3S/c30-20(27-18-10-5-2-6-11-18)16-29-21-19-12-7-14-26-23(19)33-22(21)24(31)28(25(29)32)15-13-17-8-3-1-4-9-17/h1,3-4,7-9,12,14,18H,2,5-6,10-11,13,15-16H2,(H,27,30). The molecule has 1 fully saturated rings. The number of hydrogen-bond acceptors (Lipinski definition) is 5. The number of rotatable bonds is 6. The van der Waals surface area contributed by atoms with Crippen molar-refractivity contribution in [2.75, 3.05) is 0 Å². The van der Waals surface area contributed by atoms with Gasteiger partial charge in [0.25, 0.3) is 5.56 Å². The lowest BCUT2D eigenvalue weighted by molar-refractivity contribution is -0.122. The Bertz CT molecular complexity index is 1410. The summed E-state index contributed by atoms with van der Waals surface area (Å²) in [5, 5.41) is 3.82. The normalized spacial score (nSPS) is 14.7. The SMILES string of the molecule is O=C(Cn1c(=O)n(CCc2ccccc2)c(=O)c2sc3ncccc3c21)NC1CCCCC1. The lowest BCUT2D eigenvalue weighted by Crippen LogP contribution is -2.44. The number of hydrogen-bond donors (Lipinski definition) is 1. The van der Waals surface area contributed by atoms with E-state index in [1.54, 1.807) is 12.3 Å². The van der Waals surface area contributed by atoms with Gasteiger partial charge in [-0.1, -0.05) is 49.6 Å². The van der Waals surface area contributed by atoms with Crippen molar-refractivity contribution in [1.29, 1.82) is 0 Å². The lowest BCUT2D eigenvalue weighted by Gasteiger charge is -2.23. The molecule has 4 aromatic rings. The number of aryl methyl sites for hydroxylation is 1. The van der Waals surface area contributed by atoms with E-state index >= 15 is 0 Å². The fourth-order valence-electron chi connectivity index (χ4n) is 4.68. The van der Waals surface area contributed by atoms with Gasteiger partial charge < -0.3 is 5.32 Å². The number of amides is 1. The first kappa shape index (κ1) is 21.6. The summed E-state index contributed by atoms with van der Waals surface area (Å²) in [5.74, 6) is -0.193. The highest BCUT2D eigenvalue weighted by Gasteiger charge is 2.22. The van der Waals surface area contributed by atoms with Crippen LogP contribution in [0.4, 0.5) is 0 Å². The van der Waals surface area contributed by atoms with Crippen molar-refractivity contribution in [2.45, 2.75) is 57.7 Å². The smallest absolute Gasteiger partial charge is 0.332 e. The first-order valence-electron chi connectivity index (χ1n) is 11.5. The maximum atomic E-state index is 13.5. The Morgan fingerprint density at radius 2 is 1.82 bits per heavy atom. The number of nitrogens with zero attached hydrogens (tertiary/aromatic N) is 3. The van der Waals surface area contributed by atoms with Crippen LogP contribution in [0.25, 0.3) is 20.4 Å². The van der Waals surface area contributed by atoms with E-state index in [0.717, 1.165) is 36.6 Å². The van der Waals surface area contributed by atoms with Crippen molar-refractivity contribution < 1.29 is 4.79 Å². The van der Waals surface area contributed by atoms with E-state index in [-0.39, 0.29) is 30.6 Å². The molecule has 3 heterocycles. The summed E-state index contributed by atoms with van der Waals surface area (Å²) in [5.41, 5.74) is 0.778. The monoisotopic (exact) mass is 462 g/mol. The van der Waals surface area contributed by atoms with Gasteiger partial charge in [-0.15, -0.1) is 11.3 Å². The zero-order valence-electron chi connectivity index (χ0n) is 18.3. The molecule has 0 radical (unpaired) electrons. The molecule has 0 spiro atoms. The average molecular weight is 463 g/mol. The predicted molar refractivity (Wildman–Crippen MR) is 131 cm³/mol. The van der Waals surface area contributed by atoms with Gasteiger partial charge in [0.15, 0.2) is 0 Å². The second-order valence-corrected chi connectivity index (χ2v) is 9.60. The van der Waals surface area contributed by atoms with Gasteiger partial charge in [-0.05, 0) is 37.0 Å². The maximum Gasteiger partial charge on any atom is 0.332 e. The van der Waals surface area contributed by atoms with Crippen LogP contribution in [0.3, 0.4) is 0 Å². The van der Waals surface area contributed by atoms with Gasteiger partial charge in [0.2, 0.25) is 5.91 Å². The minimum atomic E-state index is -0.453. The van der Waals surface area contributed by atoms with Crippen LogP contribution >= 0.6 is 11.3 Å². The highest BCUT2D eigenvalue weighted by Crippen LogP contribution is 2.29. The molecule has 0 bridgehead atoms. The van der Waals surface area contributed by atoms with Crippen molar-refractivity contribution in [3.63, 3.8) is 0 Å². The number of carbonyl (C=O) groups is 1. The zero-order chi connectivity index (χ0) is 22.8. The van der Waals surface area contributed by atoms with Crippen LogP contribution in [-0.2, 0) is 24.3 Å². The van der Waals surface area contributed by atoms with E-state index in [1.807, 2.05) is 36.4 Å². The quantitative estimate of drug-likeness (QED) is 0.475. The number of pyridine rings is 1. The Morgan fingerprint density at radius 1 is 1.03 bits per heavy atom. The third-order valence-corrected chi connectivity index (χ3v) is 7.44. The molecule has 1 aliphatic carbocycles. The molecule has 1 aliphatic rings. The summed E-state index contributed by atoms with van der Waals surface area (Å²) < 4.78 is 3.18. The van der Waals surface area contributed by atoms with E-state index < -0.39 is 5.69 Å². The summed E-state index contributed by atoms with van der Waals surface area (Å²) in [4.78, 5) is 44.9. The van der Waals surface area contributed by atoms with Crippen LogP contribution in [0, 0.1) is 0 Å². The number of fused-ring (bicyclic) bond motifs is 3. The van der Waals surface area contributed by atoms with E-state index in [2.05, 4.69) is 10.3 Å². The molecule has 0 unspecified atom stereocenters. The van der Waals surface area contributed by atoms with Crippen molar-refractivity contribution in [2.24, 2.45) is 0 Å². The number of thiophene rings is 1. The topological polar surface area (TPSA) is 86.0 Å². The minimum absolute atomic E-state index is 0.113. The van der Waals surface area contributed by atoms with Gasteiger partial charge in [0.1, 0.15) is 16.1 Å². The van der Waals surface area contributed by atoms with Crippen molar-refractivity contribution in [1.82, 2.24) is 19.4 Å². The van der Waals surface area contributed by atoms with Gasteiger partial charge in [-0.25, -0.2) is 9.78 Å². The molecule has 1 aromatic carbocycles. The summed E-state index contributed by atoms with van der Waals surface area (Å²) in [6.45, 7) is 0.141. The number of nitrogens with one attached hydrogen (secondary N) is 1. The molecule has 1 saturated carbocycles. The number of carbonyl (C=O) groups excluding carboxylic acids is 1. The third kappa shape index (κ3) is 4.35. The van der Waals surface area contributed by atoms with Gasteiger partial charge in [-0.3, -0.25) is 18.7 Å². The third-order valence-electron chi connectivity index (χ3n) is 6.35. The molecule has 0 aliphatic heterocycles. The lowest BCUT2D eigenvalue weighted by atomic mass is 9.95. The van der Waals surface area contributed by atoms with Gasteiger partial charge >= 0.3 is 5.69 Å². The number of benzene rings is 1. The molecule has 5 rings (SSSR count). The van der Waals surface area contributed by atoms with E-state index in [0.29, 0.717) is 21.5 Å². The Balaban J connectivity index is 1.56. The molecular weight excluding hydrogens is 436 g/mol. The fraction of sp³-hybridized carbons (Fsp3) is 0.360. The summed E-state index contributed by atoms with van der Waals surface area (Å²) in [6.07, 6.45) is 7.59. The highest BCUT2D eigenvalue weighted by atomic mass is 32.1. The molecule has 170 valence electrons. The molecule has 3 aromatic heterocycles. The van der Waals surface area contributed by atoms with Crippen LogP contribution < -0.4 is 16.6 Å². The number of aromatic nitrogens is 3. The molecule has 33 heavy (non-hydrogen) atoms. The van der Waals surface area contributed by atoms with Gasteiger partial charge in [-0.2, -0.15) is 0 Å². The van der Waals surface area contributed by atoms with E-state index in [9.17, 15) is 14.4 Å². The predicted octanol–water partition coefficient (Wildman–Crippen LogP) is 3.46. The molecular formula is C25H26N4O3S. The molecule has 1 N–H and O–H groups in total. The van der Waals surface area contributed by atoms with Crippen LogP contribution in [0.1, 0.15) is 37.7 Å². The van der Waals surface area contributed by atoms with Crippen molar-refractivity contribution in [3.05, 3.63) is 75.1 Å². The van der Waals surface area contributed by atoms with Crippen LogP contribution in [0.5, 0.6) is 0 Å². The fourth-order valence-corrected chi connectivity index (χ4v) is 5.77. The van der Waals surface area contributed by atoms with Crippen LogP contribution in [0.2, 0.25) is 0 Å². The molecule has 0 saturated heterocycles. The highest BCUT2D eigenvalue weighted by molar-refractivity contribution is 7.25. The largest absolute Gasteiger partial charge is 0.352 e. The minimum Gasteiger partial charge on any atom is -0.352 e. The second-order valence-electron chi connectivity index (χ2n) is 8.60. The van der Waals surface area contributed by atoms with Gasteiger partial charge in [0.05, 0.1) is 5.52 Å². The molecule has 7 nitrogen and oxygen atoms in total. The Labute approximate surface area is 194 Å². The first-order valence-corrected chi connectivity index (χ1v) is 12.3. The second kappa shape index (κ2) is 9.31. The Kier molecular flexibility index (Phi) is 6.09. The van der Waals surface area contributed by atoms with Gasteiger partial charge in [0, 0.05) is 24.2 Å². The van der Waals surface area contributed by atoms with Crippen molar-refractivity contribution in [3.8, 4) is 0 Å². The maximum absolute atomic E-state index is 13.5. The molecule has 8 heteroatoms. The Hall–Kier alpha value is -3.26.